The van der Waals surface area contributed by atoms with Gasteiger partial charge in [-0.05, 0) is 19.1 Å². The Kier molecular flexibility index (Phi) is 5.65. The van der Waals surface area contributed by atoms with E-state index in [4.69, 9.17) is 18.9 Å². The Bertz CT molecular complexity index is 569. The van der Waals surface area contributed by atoms with Crippen LogP contribution in [0.3, 0.4) is 0 Å². The van der Waals surface area contributed by atoms with E-state index in [9.17, 15) is 9.59 Å². The minimum Gasteiger partial charge on any atom is -0.493 e. The van der Waals surface area contributed by atoms with Crippen molar-refractivity contribution in [3.05, 3.63) is 36.3 Å². The van der Waals surface area contributed by atoms with Crippen LogP contribution in [-0.4, -0.2) is 38.3 Å². The molecule has 22 heavy (non-hydrogen) atoms. The third kappa shape index (κ3) is 4.41. The highest BCUT2D eigenvalue weighted by atomic mass is 16.6. The number of benzene rings is 1. The van der Waals surface area contributed by atoms with Crippen molar-refractivity contribution in [3.8, 4) is 5.75 Å². The van der Waals surface area contributed by atoms with Gasteiger partial charge in [-0.25, -0.2) is 4.79 Å². The first-order valence-electron chi connectivity index (χ1n) is 6.84. The molecule has 0 bridgehead atoms. The van der Waals surface area contributed by atoms with Gasteiger partial charge in [0.15, 0.2) is 6.61 Å². The Morgan fingerprint density at radius 1 is 1.27 bits per heavy atom. The summed E-state index contributed by atoms with van der Waals surface area (Å²) in [6, 6.07) is 7.00. The minimum absolute atomic E-state index is 0.0474. The van der Waals surface area contributed by atoms with E-state index in [1.165, 1.54) is 6.26 Å². The van der Waals surface area contributed by atoms with Gasteiger partial charge in [0.2, 0.25) is 5.76 Å². The Morgan fingerprint density at radius 2 is 2.09 bits per heavy atom. The Hall–Kier alpha value is -2.70. The van der Waals surface area contributed by atoms with Gasteiger partial charge in [0.05, 0.1) is 12.3 Å². The second kappa shape index (κ2) is 7.92. The van der Waals surface area contributed by atoms with E-state index in [2.05, 4.69) is 5.32 Å². The Morgan fingerprint density at radius 3 is 2.82 bits per heavy atom. The zero-order valence-electron chi connectivity index (χ0n) is 12.2. The first kappa shape index (κ1) is 15.7. The van der Waals surface area contributed by atoms with Gasteiger partial charge in [-0.2, -0.15) is 0 Å². The molecule has 0 saturated heterocycles. The van der Waals surface area contributed by atoms with E-state index in [0.717, 1.165) is 0 Å². The third-order valence-electron chi connectivity index (χ3n) is 2.65. The molecular formula is C15H17NO6. The number of carbonyl (C=O) groups is 2. The van der Waals surface area contributed by atoms with Gasteiger partial charge in [0, 0.05) is 0 Å². The Labute approximate surface area is 127 Å². The first-order chi connectivity index (χ1) is 10.7. The van der Waals surface area contributed by atoms with E-state index in [1.54, 1.807) is 24.3 Å². The molecule has 0 fully saturated rings. The van der Waals surface area contributed by atoms with E-state index in [1.807, 2.05) is 6.92 Å². The second-order valence-corrected chi connectivity index (χ2v) is 4.25. The van der Waals surface area contributed by atoms with E-state index in [0.29, 0.717) is 24.7 Å². The quantitative estimate of drug-likeness (QED) is 0.801. The van der Waals surface area contributed by atoms with Crippen LogP contribution in [0.4, 0.5) is 5.69 Å². The molecule has 118 valence electrons. The molecule has 2 rings (SSSR count). The van der Waals surface area contributed by atoms with Crippen LogP contribution in [0.2, 0.25) is 0 Å². The van der Waals surface area contributed by atoms with Crippen molar-refractivity contribution in [2.24, 2.45) is 0 Å². The molecule has 0 aliphatic carbocycles. The fourth-order valence-corrected chi connectivity index (χ4v) is 1.72. The smallest absolute Gasteiger partial charge is 0.377 e. The van der Waals surface area contributed by atoms with Crippen LogP contribution in [0.1, 0.15) is 6.92 Å². The molecule has 0 spiro atoms. The molecule has 0 aromatic heterocycles. The van der Waals surface area contributed by atoms with Gasteiger partial charge in [-0.3, -0.25) is 4.79 Å². The molecule has 1 N–H and O–H groups in total. The minimum atomic E-state index is -0.743. The summed E-state index contributed by atoms with van der Waals surface area (Å²) in [5.74, 6) is -0.712. The summed E-state index contributed by atoms with van der Waals surface area (Å²) in [7, 11) is 0. The summed E-state index contributed by atoms with van der Waals surface area (Å²) in [6.45, 7) is 2.55. The molecule has 1 aromatic carbocycles. The number of carbonyl (C=O) groups excluding carboxylic acids is 2. The van der Waals surface area contributed by atoms with Crippen LogP contribution < -0.4 is 10.1 Å². The maximum absolute atomic E-state index is 11.8. The lowest BCUT2D eigenvalue weighted by atomic mass is 10.3. The molecule has 1 aromatic rings. The van der Waals surface area contributed by atoms with Crippen LogP contribution >= 0.6 is 0 Å². The molecule has 1 amide bonds. The normalized spacial score (nSPS) is 13.2. The fraction of sp³-hybridized carbons (Fsp3) is 0.333. The number of anilines is 1. The number of rotatable bonds is 6. The predicted molar refractivity (Wildman–Crippen MR) is 77.2 cm³/mol. The summed E-state index contributed by atoms with van der Waals surface area (Å²) in [4.78, 5) is 23.4. The Balaban J connectivity index is 1.85. The predicted octanol–water partition coefficient (Wildman–Crippen LogP) is 1.46. The number of ether oxygens (including phenoxy) is 4. The lowest BCUT2D eigenvalue weighted by molar-refractivity contribution is -0.148. The number of para-hydroxylation sites is 2. The molecule has 1 aliphatic heterocycles. The van der Waals surface area contributed by atoms with E-state index < -0.39 is 18.5 Å². The summed E-state index contributed by atoms with van der Waals surface area (Å²) in [5.41, 5.74) is 0.516. The van der Waals surface area contributed by atoms with Crippen molar-refractivity contribution in [3.63, 3.8) is 0 Å². The summed E-state index contributed by atoms with van der Waals surface area (Å²) < 4.78 is 20.2. The number of esters is 1. The number of nitrogens with one attached hydrogen (secondary N) is 1. The third-order valence-corrected chi connectivity index (χ3v) is 2.65. The number of amides is 1. The largest absolute Gasteiger partial charge is 0.493 e. The average Bonchev–Trinajstić information content (AvgIpc) is 2.55. The standard InChI is InChI=1S/C15H17NO6/c1-2-20-12-6-4-3-5-11(12)16-14(17)10-22-15(18)13-9-19-7-8-21-13/h3-6,9H,2,7-8,10H2,1H3,(H,16,17). The van der Waals surface area contributed by atoms with E-state index >= 15 is 0 Å². The van der Waals surface area contributed by atoms with Gasteiger partial charge >= 0.3 is 5.97 Å². The second-order valence-electron chi connectivity index (χ2n) is 4.25. The maximum atomic E-state index is 11.8. The topological polar surface area (TPSA) is 83.1 Å². The van der Waals surface area contributed by atoms with Crippen molar-refractivity contribution >= 4 is 17.6 Å². The van der Waals surface area contributed by atoms with Crippen LogP contribution in [-0.2, 0) is 23.8 Å². The average molecular weight is 307 g/mol. The van der Waals surface area contributed by atoms with Gasteiger partial charge < -0.3 is 24.3 Å². The molecule has 7 heteroatoms. The molecule has 0 radical (unpaired) electrons. The monoisotopic (exact) mass is 307 g/mol. The van der Waals surface area contributed by atoms with Crippen LogP contribution in [0.25, 0.3) is 0 Å². The van der Waals surface area contributed by atoms with Gasteiger partial charge in [0.1, 0.15) is 25.2 Å². The van der Waals surface area contributed by atoms with Gasteiger partial charge in [0.25, 0.3) is 5.91 Å². The molecule has 1 heterocycles. The SMILES string of the molecule is CCOc1ccccc1NC(=O)COC(=O)C1=COCCO1. The van der Waals surface area contributed by atoms with Crippen molar-refractivity contribution < 1.29 is 28.5 Å². The van der Waals surface area contributed by atoms with Crippen molar-refractivity contribution in [1.29, 1.82) is 0 Å². The van der Waals surface area contributed by atoms with Crippen LogP contribution in [0.5, 0.6) is 5.75 Å². The molecule has 7 nitrogen and oxygen atoms in total. The van der Waals surface area contributed by atoms with E-state index in [-0.39, 0.29) is 12.4 Å². The molecule has 0 saturated carbocycles. The number of hydrogen-bond acceptors (Lipinski definition) is 6. The molecule has 1 aliphatic rings. The summed E-state index contributed by atoms with van der Waals surface area (Å²) >= 11 is 0. The lowest BCUT2D eigenvalue weighted by Gasteiger charge is -2.14. The first-order valence-corrected chi connectivity index (χ1v) is 6.84. The molecule has 0 unspecified atom stereocenters. The van der Waals surface area contributed by atoms with Crippen molar-refractivity contribution in [2.45, 2.75) is 6.92 Å². The number of hydrogen-bond donors (Lipinski definition) is 1. The highest BCUT2D eigenvalue weighted by Crippen LogP contribution is 2.23. The van der Waals surface area contributed by atoms with Gasteiger partial charge in [-0.15, -0.1) is 0 Å². The maximum Gasteiger partial charge on any atom is 0.377 e. The van der Waals surface area contributed by atoms with Crippen LogP contribution in [0, 0.1) is 0 Å². The lowest BCUT2D eigenvalue weighted by Crippen LogP contribution is -2.24. The van der Waals surface area contributed by atoms with Crippen molar-refractivity contribution in [1.82, 2.24) is 0 Å². The summed E-state index contributed by atoms with van der Waals surface area (Å²) in [6.07, 6.45) is 1.17. The zero-order chi connectivity index (χ0) is 15.8. The fourth-order valence-electron chi connectivity index (χ4n) is 1.72. The van der Waals surface area contributed by atoms with Crippen molar-refractivity contribution in [2.75, 3.05) is 31.7 Å². The molecular weight excluding hydrogens is 290 g/mol. The summed E-state index contributed by atoms with van der Waals surface area (Å²) in [5, 5.41) is 2.62. The highest BCUT2D eigenvalue weighted by Gasteiger charge is 2.18. The highest BCUT2D eigenvalue weighted by molar-refractivity contribution is 5.95. The van der Waals surface area contributed by atoms with Crippen LogP contribution in [0.15, 0.2) is 36.3 Å². The molecule has 0 atom stereocenters. The zero-order valence-corrected chi connectivity index (χ0v) is 12.2. The van der Waals surface area contributed by atoms with Gasteiger partial charge in [-0.1, -0.05) is 12.1 Å².